The Labute approximate surface area is 384 Å². The van der Waals surface area contributed by atoms with Gasteiger partial charge in [-0.2, -0.15) is 0 Å². The van der Waals surface area contributed by atoms with Crippen molar-refractivity contribution in [3.05, 3.63) is 261 Å². The molecule has 0 aliphatic rings. The highest BCUT2D eigenvalue weighted by atomic mass is 16.3. The molecule has 310 valence electrons. The van der Waals surface area contributed by atoms with Gasteiger partial charge in [-0.05, 0) is 109 Å². The lowest BCUT2D eigenvalue weighted by Gasteiger charge is -2.29. The first kappa shape index (κ1) is 38.9. The molecule has 66 heavy (non-hydrogen) atoms. The Morgan fingerprint density at radius 1 is 0.258 bits per heavy atom. The standard InChI is InChI=1S/C64H43NO/c1-2-16-44(17-3-1)46-32-35-47(36-33-46)54-22-6-7-23-56(54)57-24-8-9-25-58(57)59-26-10-12-30-62(59)65(53-21-14-20-50(43-53)51-37-34-45-18-4-5-19-49(45)42-51)52-40-38-48(39-41-52)55-28-15-29-61-60-27-11-13-31-63(60)66-64(55)61/h1-43H. The van der Waals surface area contributed by atoms with E-state index in [1.165, 1.54) is 49.7 Å². The Morgan fingerprint density at radius 2 is 0.758 bits per heavy atom. The molecule has 0 aliphatic carbocycles. The fraction of sp³-hybridized carbons (Fsp3) is 0. The zero-order valence-corrected chi connectivity index (χ0v) is 36.2. The Bertz CT molecular complexity index is 3700. The summed E-state index contributed by atoms with van der Waals surface area (Å²) in [6.45, 7) is 0. The molecule has 11 aromatic carbocycles. The van der Waals surface area contributed by atoms with Crippen molar-refractivity contribution in [2.45, 2.75) is 0 Å². The molecule has 2 heteroatoms. The predicted octanol–water partition coefficient (Wildman–Crippen LogP) is 18.2. The van der Waals surface area contributed by atoms with E-state index in [1.807, 2.05) is 12.1 Å². The van der Waals surface area contributed by atoms with Crippen LogP contribution in [-0.4, -0.2) is 0 Å². The molecule has 2 nitrogen and oxygen atoms in total. The molecule has 0 N–H and O–H groups in total. The number of benzene rings is 11. The first-order valence-corrected chi connectivity index (χ1v) is 22.6. The van der Waals surface area contributed by atoms with E-state index in [0.29, 0.717) is 0 Å². The summed E-state index contributed by atoms with van der Waals surface area (Å²) in [5.74, 6) is 0. The van der Waals surface area contributed by atoms with Crippen LogP contribution >= 0.6 is 0 Å². The van der Waals surface area contributed by atoms with Gasteiger partial charge in [0.15, 0.2) is 0 Å². The minimum Gasteiger partial charge on any atom is -0.455 e. The molecule has 0 bridgehead atoms. The molecule has 1 aromatic heterocycles. The summed E-state index contributed by atoms with van der Waals surface area (Å²) in [5, 5.41) is 4.71. The number of hydrogen-bond donors (Lipinski definition) is 0. The Morgan fingerprint density at radius 3 is 1.56 bits per heavy atom. The number of hydrogen-bond acceptors (Lipinski definition) is 2. The lowest BCUT2D eigenvalue weighted by Crippen LogP contribution is -2.11. The van der Waals surface area contributed by atoms with Gasteiger partial charge in [0.25, 0.3) is 0 Å². The van der Waals surface area contributed by atoms with E-state index in [-0.39, 0.29) is 0 Å². The summed E-state index contributed by atoms with van der Waals surface area (Å²) < 4.78 is 6.50. The van der Waals surface area contributed by atoms with E-state index in [0.717, 1.165) is 66.8 Å². The normalized spacial score (nSPS) is 11.3. The van der Waals surface area contributed by atoms with Gasteiger partial charge < -0.3 is 9.32 Å². The first-order chi connectivity index (χ1) is 32.7. The van der Waals surface area contributed by atoms with Crippen LogP contribution in [0.3, 0.4) is 0 Å². The highest BCUT2D eigenvalue weighted by Gasteiger charge is 2.21. The maximum Gasteiger partial charge on any atom is 0.143 e. The van der Waals surface area contributed by atoms with Gasteiger partial charge in [0.2, 0.25) is 0 Å². The maximum absolute atomic E-state index is 6.50. The van der Waals surface area contributed by atoms with Crippen molar-refractivity contribution in [1.82, 2.24) is 0 Å². The molecular weight excluding hydrogens is 799 g/mol. The molecule has 0 unspecified atom stereocenters. The molecule has 0 spiro atoms. The average Bonchev–Trinajstić information content (AvgIpc) is 3.79. The molecule has 0 aliphatic heterocycles. The van der Waals surface area contributed by atoms with Crippen molar-refractivity contribution < 1.29 is 4.42 Å². The average molecular weight is 842 g/mol. The maximum atomic E-state index is 6.50. The minimum atomic E-state index is 0.898. The van der Waals surface area contributed by atoms with Crippen molar-refractivity contribution in [2.24, 2.45) is 0 Å². The summed E-state index contributed by atoms with van der Waals surface area (Å²) in [4.78, 5) is 2.41. The highest BCUT2D eigenvalue weighted by Crippen LogP contribution is 2.46. The zero-order valence-electron chi connectivity index (χ0n) is 36.2. The Balaban J connectivity index is 0.998. The molecule has 0 atom stereocenters. The number of fused-ring (bicyclic) bond motifs is 4. The lowest BCUT2D eigenvalue weighted by molar-refractivity contribution is 0.670. The van der Waals surface area contributed by atoms with Crippen LogP contribution in [0.1, 0.15) is 0 Å². The quantitative estimate of drug-likeness (QED) is 0.144. The third-order valence-electron chi connectivity index (χ3n) is 12.9. The van der Waals surface area contributed by atoms with Gasteiger partial charge in [-0.25, -0.2) is 0 Å². The summed E-state index contributed by atoms with van der Waals surface area (Å²) in [6, 6.07) is 93.9. The summed E-state index contributed by atoms with van der Waals surface area (Å²) >= 11 is 0. The molecular formula is C64H43NO. The van der Waals surface area contributed by atoms with E-state index >= 15 is 0 Å². The fourth-order valence-electron chi connectivity index (χ4n) is 9.68. The lowest BCUT2D eigenvalue weighted by atomic mass is 9.88. The second-order valence-electron chi connectivity index (χ2n) is 16.8. The first-order valence-electron chi connectivity index (χ1n) is 22.6. The van der Waals surface area contributed by atoms with Crippen LogP contribution < -0.4 is 4.90 Å². The van der Waals surface area contributed by atoms with Crippen molar-refractivity contribution in [3.8, 4) is 66.8 Å². The molecule has 0 radical (unpaired) electrons. The minimum absolute atomic E-state index is 0.898. The van der Waals surface area contributed by atoms with Gasteiger partial charge >= 0.3 is 0 Å². The van der Waals surface area contributed by atoms with E-state index < -0.39 is 0 Å². The van der Waals surface area contributed by atoms with Crippen LogP contribution in [0, 0.1) is 0 Å². The molecule has 0 saturated carbocycles. The number of furan rings is 1. The second kappa shape index (κ2) is 16.8. The SMILES string of the molecule is c1ccc(-c2ccc(-c3ccccc3-c3ccccc3-c3ccccc3N(c3ccc(-c4cccc5c4oc4ccccc45)cc3)c3cccc(-c4ccc5ccccc5c4)c3)cc2)cc1. The summed E-state index contributed by atoms with van der Waals surface area (Å²) in [7, 11) is 0. The second-order valence-corrected chi connectivity index (χ2v) is 16.8. The van der Waals surface area contributed by atoms with Gasteiger partial charge in [-0.1, -0.05) is 218 Å². The topological polar surface area (TPSA) is 16.4 Å². The smallest absolute Gasteiger partial charge is 0.143 e. The highest BCUT2D eigenvalue weighted by molar-refractivity contribution is 6.09. The van der Waals surface area contributed by atoms with Gasteiger partial charge in [0.05, 0.1) is 5.69 Å². The van der Waals surface area contributed by atoms with Gasteiger partial charge in [0.1, 0.15) is 11.2 Å². The Kier molecular flexibility index (Phi) is 9.89. The third kappa shape index (κ3) is 7.12. The number of rotatable bonds is 9. The van der Waals surface area contributed by atoms with Crippen LogP contribution in [0.5, 0.6) is 0 Å². The molecule has 0 saturated heterocycles. The number of nitrogens with zero attached hydrogens (tertiary/aromatic N) is 1. The number of para-hydroxylation sites is 3. The molecule has 1 heterocycles. The van der Waals surface area contributed by atoms with E-state index in [2.05, 4.69) is 254 Å². The van der Waals surface area contributed by atoms with Crippen molar-refractivity contribution in [1.29, 1.82) is 0 Å². The van der Waals surface area contributed by atoms with E-state index in [1.54, 1.807) is 0 Å². The van der Waals surface area contributed by atoms with Gasteiger partial charge in [0, 0.05) is 33.3 Å². The molecule has 0 fully saturated rings. The fourth-order valence-corrected chi connectivity index (χ4v) is 9.68. The van der Waals surface area contributed by atoms with Gasteiger partial charge in [-0.3, -0.25) is 0 Å². The van der Waals surface area contributed by atoms with E-state index in [4.69, 9.17) is 4.42 Å². The largest absolute Gasteiger partial charge is 0.455 e. The van der Waals surface area contributed by atoms with Crippen molar-refractivity contribution in [3.63, 3.8) is 0 Å². The predicted molar refractivity (Wildman–Crippen MR) is 279 cm³/mol. The van der Waals surface area contributed by atoms with Crippen LogP contribution in [0.2, 0.25) is 0 Å². The number of anilines is 3. The van der Waals surface area contributed by atoms with Gasteiger partial charge in [-0.15, -0.1) is 0 Å². The van der Waals surface area contributed by atoms with Crippen LogP contribution in [0.15, 0.2) is 265 Å². The van der Waals surface area contributed by atoms with Crippen LogP contribution in [0.4, 0.5) is 17.1 Å². The Hall–Kier alpha value is -8.72. The van der Waals surface area contributed by atoms with Crippen LogP contribution in [0.25, 0.3) is 99.5 Å². The monoisotopic (exact) mass is 841 g/mol. The van der Waals surface area contributed by atoms with E-state index in [9.17, 15) is 0 Å². The summed E-state index contributed by atoms with van der Waals surface area (Å²) in [5.41, 5.74) is 18.9. The van der Waals surface area contributed by atoms with Crippen molar-refractivity contribution >= 4 is 49.8 Å². The third-order valence-corrected chi connectivity index (χ3v) is 12.9. The molecule has 12 aromatic rings. The summed E-state index contributed by atoms with van der Waals surface area (Å²) in [6.07, 6.45) is 0. The zero-order chi connectivity index (χ0) is 43.8. The molecule has 0 amide bonds. The molecule has 12 rings (SSSR count). The van der Waals surface area contributed by atoms with Crippen molar-refractivity contribution in [2.75, 3.05) is 4.90 Å². The van der Waals surface area contributed by atoms with Crippen LogP contribution in [-0.2, 0) is 0 Å².